The molecule has 0 saturated heterocycles. The highest BCUT2D eigenvalue weighted by Crippen LogP contribution is 2.24. The summed E-state index contributed by atoms with van der Waals surface area (Å²) in [5.41, 5.74) is 2.46. The minimum Gasteiger partial charge on any atom is -0.370 e. The Morgan fingerprint density at radius 1 is 1.04 bits per heavy atom. The third-order valence-corrected chi connectivity index (χ3v) is 3.75. The van der Waals surface area contributed by atoms with Crippen LogP contribution in [0, 0.1) is 0 Å². The molecular formula is C19H29N5. The molecule has 0 aliphatic carbocycles. The smallest absolute Gasteiger partial charge is 0.229 e. The number of nitrogens with zero attached hydrogens (tertiary/aromatic N) is 3. The Balaban J connectivity index is 1.94. The lowest BCUT2D eigenvalue weighted by molar-refractivity contribution is 0.405. The Labute approximate surface area is 145 Å². The summed E-state index contributed by atoms with van der Waals surface area (Å²) < 4.78 is 0. The highest BCUT2D eigenvalue weighted by Gasteiger charge is 2.12. The quantitative estimate of drug-likeness (QED) is 0.756. The second-order valence-electron chi connectivity index (χ2n) is 7.30. The average molecular weight is 327 g/mol. The van der Waals surface area contributed by atoms with E-state index < -0.39 is 0 Å². The van der Waals surface area contributed by atoms with Crippen molar-refractivity contribution in [3.8, 4) is 0 Å². The van der Waals surface area contributed by atoms with Gasteiger partial charge in [0.2, 0.25) is 5.95 Å². The molecule has 0 amide bonds. The normalized spacial score (nSPS) is 11.6. The van der Waals surface area contributed by atoms with Gasteiger partial charge in [-0.25, -0.2) is 4.98 Å². The summed E-state index contributed by atoms with van der Waals surface area (Å²) in [5.74, 6) is 1.45. The van der Waals surface area contributed by atoms with Crippen molar-refractivity contribution in [2.45, 2.75) is 32.6 Å². The van der Waals surface area contributed by atoms with Gasteiger partial charge in [0, 0.05) is 18.4 Å². The lowest BCUT2D eigenvalue weighted by atomic mass is 9.87. The van der Waals surface area contributed by atoms with Gasteiger partial charge < -0.3 is 15.5 Å². The fourth-order valence-electron chi connectivity index (χ4n) is 2.31. The van der Waals surface area contributed by atoms with Gasteiger partial charge in [-0.05, 0) is 56.2 Å². The lowest BCUT2D eigenvalue weighted by Gasteiger charge is -2.19. The summed E-state index contributed by atoms with van der Waals surface area (Å²) >= 11 is 0. The van der Waals surface area contributed by atoms with E-state index in [1.165, 1.54) is 5.56 Å². The summed E-state index contributed by atoms with van der Waals surface area (Å²) in [4.78, 5) is 11.0. The first kappa shape index (κ1) is 18.2. The molecule has 2 rings (SSSR count). The van der Waals surface area contributed by atoms with E-state index in [0.29, 0.717) is 5.95 Å². The molecule has 130 valence electrons. The van der Waals surface area contributed by atoms with Crippen molar-refractivity contribution < 1.29 is 0 Å². The highest BCUT2D eigenvalue weighted by molar-refractivity contribution is 5.55. The van der Waals surface area contributed by atoms with Crippen molar-refractivity contribution in [2.24, 2.45) is 0 Å². The minimum atomic E-state index is 0.158. The molecule has 1 aromatic carbocycles. The number of hydrogen-bond donors (Lipinski definition) is 2. The number of anilines is 3. The molecule has 0 aliphatic rings. The Morgan fingerprint density at radius 3 is 2.38 bits per heavy atom. The standard InChI is InChI=1S/C19H29N5/c1-19(2,3)15-7-9-16(10-8-15)22-18-21-13-11-17(23-18)20-12-6-14-24(4)5/h7-11,13H,6,12,14H2,1-5H3,(H2,20,21,22,23). The number of rotatable bonds is 7. The molecule has 0 fully saturated rings. The monoisotopic (exact) mass is 327 g/mol. The van der Waals surface area contributed by atoms with Gasteiger partial charge in [0.25, 0.3) is 0 Å². The molecule has 5 heteroatoms. The Kier molecular flexibility index (Phi) is 6.15. The first-order chi connectivity index (χ1) is 11.3. The molecule has 0 radical (unpaired) electrons. The van der Waals surface area contributed by atoms with E-state index in [1.807, 2.05) is 6.07 Å². The molecule has 0 bridgehead atoms. The van der Waals surface area contributed by atoms with Gasteiger partial charge in [0.15, 0.2) is 0 Å². The van der Waals surface area contributed by atoms with Gasteiger partial charge in [-0.3, -0.25) is 0 Å². The first-order valence-corrected chi connectivity index (χ1v) is 8.44. The Hall–Kier alpha value is -2.14. The van der Waals surface area contributed by atoms with Gasteiger partial charge in [-0.1, -0.05) is 32.9 Å². The third kappa shape index (κ3) is 5.81. The second kappa shape index (κ2) is 8.11. The maximum absolute atomic E-state index is 4.51. The van der Waals surface area contributed by atoms with Crippen molar-refractivity contribution in [1.82, 2.24) is 14.9 Å². The van der Waals surface area contributed by atoms with Crippen LogP contribution in [0.25, 0.3) is 0 Å². The van der Waals surface area contributed by atoms with Crippen molar-refractivity contribution >= 4 is 17.5 Å². The second-order valence-corrected chi connectivity index (χ2v) is 7.30. The average Bonchev–Trinajstić information content (AvgIpc) is 2.51. The highest BCUT2D eigenvalue weighted by atomic mass is 15.1. The molecular weight excluding hydrogens is 298 g/mol. The Bertz CT molecular complexity index is 629. The molecule has 0 saturated carbocycles. The van der Waals surface area contributed by atoms with Crippen LogP contribution in [0.1, 0.15) is 32.8 Å². The van der Waals surface area contributed by atoms with Crippen LogP contribution in [0.3, 0.4) is 0 Å². The number of aromatic nitrogens is 2. The van der Waals surface area contributed by atoms with Gasteiger partial charge in [0.05, 0.1) is 0 Å². The topological polar surface area (TPSA) is 53.1 Å². The zero-order valence-corrected chi connectivity index (χ0v) is 15.4. The van der Waals surface area contributed by atoms with Crippen LogP contribution in [0.15, 0.2) is 36.5 Å². The van der Waals surface area contributed by atoms with E-state index in [1.54, 1.807) is 6.20 Å². The Morgan fingerprint density at radius 2 is 1.75 bits per heavy atom. The lowest BCUT2D eigenvalue weighted by Crippen LogP contribution is -2.16. The maximum Gasteiger partial charge on any atom is 0.229 e. The third-order valence-electron chi connectivity index (χ3n) is 3.75. The summed E-state index contributed by atoms with van der Waals surface area (Å²) in [7, 11) is 4.16. The first-order valence-electron chi connectivity index (χ1n) is 8.44. The molecule has 2 N–H and O–H groups in total. The summed E-state index contributed by atoms with van der Waals surface area (Å²) in [5, 5.41) is 6.60. The SMILES string of the molecule is CN(C)CCCNc1ccnc(Nc2ccc(C(C)(C)C)cc2)n1. The molecule has 1 heterocycles. The number of nitrogens with one attached hydrogen (secondary N) is 2. The van der Waals surface area contributed by atoms with E-state index in [0.717, 1.165) is 31.0 Å². The molecule has 24 heavy (non-hydrogen) atoms. The summed E-state index contributed by atoms with van der Waals surface area (Å²) in [6.45, 7) is 8.59. The molecule has 1 aromatic heterocycles. The van der Waals surface area contributed by atoms with Crippen molar-refractivity contribution in [3.63, 3.8) is 0 Å². The fourth-order valence-corrected chi connectivity index (χ4v) is 2.31. The van der Waals surface area contributed by atoms with E-state index in [2.05, 4.69) is 84.6 Å². The maximum atomic E-state index is 4.51. The molecule has 0 unspecified atom stereocenters. The number of hydrogen-bond acceptors (Lipinski definition) is 5. The van der Waals surface area contributed by atoms with E-state index in [9.17, 15) is 0 Å². The van der Waals surface area contributed by atoms with E-state index in [4.69, 9.17) is 0 Å². The molecule has 5 nitrogen and oxygen atoms in total. The summed E-state index contributed by atoms with van der Waals surface area (Å²) in [6, 6.07) is 10.3. The van der Waals surface area contributed by atoms with Crippen LogP contribution in [-0.2, 0) is 5.41 Å². The predicted octanol–water partition coefficient (Wildman–Crippen LogP) is 3.88. The fraction of sp³-hybridized carbons (Fsp3) is 0.474. The van der Waals surface area contributed by atoms with Crippen molar-refractivity contribution in [2.75, 3.05) is 37.8 Å². The van der Waals surface area contributed by atoms with Crippen LogP contribution in [0.4, 0.5) is 17.5 Å². The zero-order chi connectivity index (χ0) is 17.6. The largest absolute Gasteiger partial charge is 0.370 e. The van der Waals surface area contributed by atoms with Crippen molar-refractivity contribution in [3.05, 3.63) is 42.1 Å². The van der Waals surface area contributed by atoms with Crippen LogP contribution < -0.4 is 10.6 Å². The predicted molar refractivity (Wildman–Crippen MR) is 102 cm³/mol. The van der Waals surface area contributed by atoms with Crippen LogP contribution in [-0.4, -0.2) is 42.1 Å². The number of benzene rings is 1. The van der Waals surface area contributed by atoms with Gasteiger partial charge in [-0.2, -0.15) is 4.98 Å². The molecule has 0 atom stereocenters. The molecule has 2 aromatic rings. The van der Waals surface area contributed by atoms with Gasteiger partial charge in [-0.15, -0.1) is 0 Å². The summed E-state index contributed by atoms with van der Waals surface area (Å²) in [6.07, 6.45) is 2.85. The van der Waals surface area contributed by atoms with E-state index in [-0.39, 0.29) is 5.41 Å². The minimum absolute atomic E-state index is 0.158. The molecule has 0 aliphatic heterocycles. The van der Waals surface area contributed by atoms with Gasteiger partial charge >= 0.3 is 0 Å². The molecule has 0 spiro atoms. The van der Waals surface area contributed by atoms with E-state index >= 15 is 0 Å². The van der Waals surface area contributed by atoms with Crippen LogP contribution >= 0.6 is 0 Å². The zero-order valence-electron chi connectivity index (χ0n) is 15.4. The van der Waals surface area contributed by atoms with Crippen LogP contribution in [0.5, 0.6) is 0 Å². The van der Waals surface area contributed by atoms with Gasteiger partial charge in [0.1, 0.15) is 5.82 Å². The van der Waals surface area contributed by atoms with Crippen molar-refractivity contribution in [1.29, 1.82) is 0 Å². The van der Waals surface area contributed by atoms with Crippen LogP contribution in [0.2, 0.25) is 0 Å².